The lowest BCUT2D eigenvalue weighted by molar-refractivity contribution is -0.127. The summed E-state index contributed by atoms with van der Waals surface area (Å²) < 4.78 is 26.1. The molecule has 1 N–H and O–H groups in total. The lowest BCUT2D eigenvalue weighted by Gasteiger charge is -2.21. The third-order valence-corrected chi connectivity index (χ3v) is 7.35. The monoisotopic (exact) mass is 561 g/mol. The van der Waals surface area contributed by atoms with Crippen molar-refractivity contribution in [3.63, 3.8) is 0 Å². The van der Waals surface area contributed by atoms with Crippen LogP contribution in [0, 0.1) is 5.82 Å². The van der Waals surface area contributed by atoms with Gasteiger partial charge in [-0.3, -0.25) is 19.6 Å². The normalized spacial score (nSPS) is 14.7. The number of amides is 2. The molecule has 0 spiro atoms. The molecular formula is C24H21ClFN5O4S2. The first-order chi connectivity index (χ1) is 17.7. The maximum Gasteiger partial charge on any atom is 0.266 e. The molecule has 0 unspecified atom stereocenters. The van der Waals surface area contributed by atoms with Crippen LogP contribution in [-0.2, 0) is 16.2 Å². The molecule has 2 aromatic carbocycles. The van der Waals surface area contributed by atoms with Crippen LogP contribution in [0.2, 0.25) is 5.02 Å². The average Bonchev–Trinajstić information content (AvgIpc) is 3.50. The van der Waals surface area contributed by atoms with Crippen molar-refractivity contribution in [3.8, 4) is 11.5 Å². The van der Waals surface area contributed by atoms with Gasteiger partial charge in [0.25, 0.3) is 5.91 Å². The van der Waals surface area contributed by atoms with Gasteiger partial charge in [0, 0.05) is 17.8 Å². The molecule has 1 saturated heterocycles. The maximum atomic E-state index is 15.0. The zero-order valence-electron chi connectivity index (χ0n) is 19.9. The summed E-state index contributed by atoms with van der Waals surface area (Å²) in [5, 5.41) is 6.90. The van der Waals surface area contributed by atoms with Crippen LogP contribution in [0.25, 0.3) is 5.57 Å². The number of thioether (sulfide) groups is 1. The highest BCUT2D eigenvalue weighted by Gasteiger charge is 2.36. The minimum atomic E-state index is -0.677. The molecule has 0 aliphatic carbocycles. The molecule has 3 aromatic rings. The first-order valence-corrected chi connectivity index (χ1v) is 12.4. The Morgan fingerprint density at radius 2 is 2.03 bits per heavy atom. The van der Waals surface area contributed by atoms with E-state index in [4.69, 9.17) is 33.3 Å². The Morgan fingerprint density at radius 1 is 1.30 bits per heavy atom. The summed E-state index contributed by atoms with van der Waals surface area (Å²) in [5.74, 6) is -0.984. The topological polar surface area (TPSA) is 101 Å². The Balaban J connectivity index is 1.53. The van der Waals surface area contributed by atoms with E-state index in [9.17, 15) is 9.59 Å². The smallest absolute Gasteiger partial charge is 0.266 e. The van der Waals surface area contributed by atoms with E-state index < -0.39 is 11.7 Å². The van der Waals surface area contributed by atoms with E-state index in [0.29, 0.717) is 32.6 Å². The van der Waals surface area contributed by atoms with Crippen molar-refractivity contribution in [2.75, 3.05) is 25.6 Å². The number of aromatic amines is 1. The van der Waals surface area contributed by atoms with Gasteiger partial charge in [0.2, 0.25) is 5.91 Å². The van der Waals surface area contributed by atoms with Crippen LogP contribution in [0.3, 0.4) is 0 Å². The van der Waals surface area contributed by atoms with Gasteiger partial charge in [-0.1, -0.05) is 35.6 Å². The van der Waals surface area contributed by atoms with E-state index in [-0.39, 0.29) is 34.9 Å². The number of allylic oxidation sites excluding steroid dienone is 1. The van der Waals surface area contributed by atoms with Crippen molar-refractivity contribution in [2.24, 2.45) is 0 Å². The van der Waals surface area contributed by atoms with Gasteiger partial charge in [-0.05, 0) is 54.5 Å². The molecule has 4 rings (SSSR count). The third kappa shape index (κ3) is 5.76. The number of aromatic nitrogens is 3. The molecule has 0 saturated carbocycles. The fourth-order valence-electron chi connectivity index (χ4n) is 3.46. The van der Waals surface area contributed by atoms with Crippen molar-refractivity contribution in [3.05, 3.63) is 69.9 Å². The van der Waals surface area contributed by atoms with Gasteiger partial charge >= 0.3 is 0 Å². The molecular weight excluding hydrogens is 541 g/mol. The van der Waals surface area contributed by atoms with E-state index in [0.717, 1.165) is 11.8 Å². The van der Waals surface area contributed by atoms with Gasteiger partial charge in [0.1, 0.15) is 23.8 Å². The molecule has 2 heterocycles. The number of anilines is 1. The zero-order chi connectivity index (χ0) is 26.7. The lowest BCUT2D eigenvalue weighted by atomic mass is 10.1. The van der Waals surface area contributed by atoms with E-state index in [1.54, 1.807) is 44.3 Å². The molecule has 0 atom stereocenters. The van der Waals surface area contributed by atoms with E-state index >= 15 is 4.39 Å². The van der Waals surface area contributed by atoms with Gasteiger partial charge in [-0.15, -0.1) is 0 Å². The number of benzene rings is 2. The Morgan fingerprint density at radius 3 is 2.68 bits per heavy atom. The maximum absolute atomic E-state index is 15.0. The summed E-state index contributed by atoms with van der Waals surface area (Å²) in [6, 6.07) is 9.57. The predicted molar refractivity (Wildman–Crippen MR) is 143 cm³/mol. The number of nitrogens with zero attached hydrogens (tertiary/aromatic N) is 4. The van der Waals surface area contributed by atoms with E-state index in [2.05, 4.69) is 15.2 Å². The molecule has 1 aliphatic rings. The Hall–Kier alpha value is -3.48. The standard InChI is InChI=1S/C24H21ClFN5O4S2/c1-13(14-8-17(26)21(18(9-14)34-3)35-11-19-27-12-28-29-19)22-23(33)31(24(36)37-22)10-20(32)30(2)16-6-4-15(25)5-7-16/h4-9,12H,10-11H2,1-3H3,(H,27,28,29)/b22-13-. The fourth-order valence-corrected chi connectivity index (χ4v) is 4.89. The van der Waals surface area contributed by atoms with Crippen molar-refractivity contribution < 1.29 is 23.5 Å². The van der Waals surface area contributed by atoms with Gasteiger partial charge in [-0.25, -0.2) is 9.37 Å². The van der Waals surface area contributed by atoms with Gasteiger partial charge in [0.15, 0.2) is 23.1 Å². The fraction of sp³-hybridized carbons (Fsp3) is 0.208. The van der Waals surface area contributed by atoms with E-state index in [1.165, 1.54) is 29.3 Å². The van der Waals surface area contributed by atoms with Gasteiger partial charge in [-0.2, -0.15) is 5.10 Å². The average molecular weight is 562 g/mol. The van der Waals surface area contributed by atoms with Crippen LogP contribution >= 0.6 is 35.6 Å². The minimum absolute atomic E-state index is 0.0389. The quantitative estimate of drug-likeness (QED) is 0.318. The largest absolute Gasteiger partial charge is 0.493 e. The predicted octanol–water partition coefficient (Wildman–Crippen LogP) is 4.44. The van der Waals surface area contributed by atoms with Crippen LogP contribution in [0.15, 0.2) is 47.6 Å². The number of methoxy groups -OCH3 is 1. The van der Waals surface area contributed by atoms with Crippen LogP contribution < -0.4 is 14.4 Å². The number of carbonyl (C=O) groups excluding carboxylic acids is 2. The Kier molecular flexibility index (Phi) is 8.10. The molecule has 0 radical (unpaired) electrons. The highest BCUT2D eigenvalue weighted by Crippen LogP contribution is 2.40. The number of rotatable bonds is 8. The molecule has 13 heteroatoms. The van der Waals surface area contributed by atoms with Crippen LogP contribution in [0.5, 0.6) is 11.5 Å². The Bertz CT molecular complexity index is 1380. The second kappa shape index (κ2) is 11.3. The number of hydrogen-bond acceptors (Lipinski definition) is 8. The first-order valence-electron chi connectivity index (χ1n) is 10.8. The van der Waals surface area contributed by atoms with E-state index in [1.807, 2.05) is 0 Å². The first kappa shape index (κ1) is 26.6. The number of likely N-dealkylation sites (N-methyl/N-ethyl adjacent to an activating group) is 1. The van der Waals surface area contributed by atoms with Crippen molar-refractivity contribution in [2.45, 2.75) is 13.5 Å². The summed E-state index contributed by atoms with van der Waals surface area (Å²) in [5.41, 5.74) is 1.52. The number of nitrogens with one attached hydrogen (secondary N) is 1. The molecule has 192 valence electrons. The Labute approximate surface area is 226 Å². The molecule has 37 heavy (non-hydrogen) atoms. The van der Waals surface area contributed by atoms with Gasteiger partial charge in [0.05, 0.1) is 12.0 Å². The minimum Gasteiger partial charge on any atom is -0.493 e. The molecule has 1 aliphatic heterocycles. The second-order valence-electron chi connectivity index (χ2n) is 7.85. The summed E-state index contributed by atoms with van der Waals surface area (Å²) in [6.07, 6.45) is 1.32. The van der Waals surface area contributed by atoms with Crippen LogP contribution in [-0.4, -0.2) is 56.9 Å². The second-order valence-corrected chi connectivity index (χ2v) is 9.93. The van der Waals surface area contributed by atoms with Crippen LogP contribution in [0.4, 0.5) is 10.1 Å². The van der Waals surface area contributed by atoms with Crippen molar-refractivity contribution in [1.29, 1.82) is 0 Å². The molecule has 2 amide bonds. The SMILES string of the molecule is COc1cc(/C(C)=C2\SC(=S)N(CC(=O)N(C)c3ccc(Cl)cc3)C2=O)cc(F)c1OCc1ncn[nH]1. The molecule has 0 bridgehead atoms. The molecule has 1 fully saturated rings. The van der Waals surface area contributed by atoms with Crippen LogP contribution in [0.1, 0.15) is 18.3 Å². The number of hydrogen-bond donors (Lipinski definition) is 1. The van der Waals surface area contributed by atoms with Crippen molar-refractivity contribution >= 4 is 63.0 Å². The third-order valence-electron chi connectivity index (χ3n) is 5.55. The molecule has 1 aromatic heterocycles. The summed E-state index contributed by atoms with van der Waals surface area (Å²) in [7, 11) is 2.99. The lowest BCUT2D eigenvalue weighted by Crippen LogP contribution is -2.40. The number of carbonyl (C=O) groups is 2. The number of H-pyrrole nitrogens is 1. The highest BCUT2D eigenvalue weighted by molar-refractivity contribution is 8.26. The summed E-state index contributed by atoms with van der Waals surface area (Å²) in [4.78, 5) is 33.0. The number of halogens is 2. The number of ether oxygens (including phenoxy) is 2. The number of thiocarbonyl (C=S) groups is 1. The van der Waals surface area contributed by atoms with Gasteiger partial charge < -0.3 is 14.4 Å². The molecule has 9 nitrogen and oxygen atoms in total. The van der Waals surface area contributed by atoms with Crippen molar-refractivity contribution in [1.82, 2.24) is 20.1 Å². The summed E-state index contributed by atoms with van der Waals surface area (Å²) >= 11 is 12.4. The highest BCUT2D eigenvalue weighted by atomic mass is 35.5. The zero-order valence-corrected chi connectivity index (χ0v) is 22.3. The summed E-state index contributed by atoms with van der Waals surface area (Å²) in [6.45, 7) is 1.40.